The van der Waals surface area contributed by atoms with Gasteiger partial charge in [0, 0.05) is 10.6 Å². The van der Waals surface area contributed by atoms with Crippen LogP contribution in [0.1, 0.15) is 12.8 Å². The first-order valence-corrected chi connectivity index (χ1v) is 5.80. The van der Waals surface area contributed by atoms with Gasteiger partial charge < -0.3 is 10.8 Å². The van der Waals surface area contributed by atoms with Gasteiger partial charge in [0.15, 0.2) is 0 Å². The van der Waals surface area contributed by atoms with Crippen LogP contribution in [0.3, 0.4) is 0 Å². The molecule has 15 heavy (non-hydrogen) atoms. The van der Waals surface area contributed by atoms with Crippen LogP contribution in [0.5, 0.6) is 0 Å². The number of carboxylic acids is 1. The highest BCUT2D eigenvalue weighted by Crippen LogP contribution is 2.41. The average molecular weight is 223 g/mol. The highest BCUT2D eigenvalue weighted by Gasteiger charge is 2.36. The van der Waals surface area contributed by atoms with Crippen LogP contribution in [0.4, 0.5) is 5.69 Å². The van der Waals surface area contributed by atoms with E-state index >= 15 is 0 Å². The van der Waals surface area contributed by atoms with Crippen LogP contribution in [0.15, 0.2) is 29.2 Å². The molecule has 1 atom stereocenters. The van der Waals surface area contributed by atoms with Gasteiger partial charge in [0.1, 0.15) is 5.25 Å². The Morgan fingerprint density at radius 3 is 2.80 bits per heavy atom. The van der Waals surface area contributed by atoms with Gasteiger partial charge in [-0.2, -0.15) is 0 Å². The summed E-state index contributed by atoms with van der Waals surface area (Å²) in [6.07, 6.45) is 2.07. The van der Waals surface area contributed by atoms with Crippen molar-refractivity contribution < 1.29 is 9.90 Å². The van der Waals surface area contributed by atoms with Crippen LogP contribution in [-0.2, 0) is 4.79 Å². The maximum Gasteiger partial charge on any atom is 0.317 e. The summed E-state index contributed by atoms with van der Waals surface area (Å²) in [4.78, 5) is 12.0. The Morgan fingerprint density at radius 2 is 2.27 bits per heavy atom. The molecule has 3 nitrogen and oxygen atoms in total. The number of hydrogen-bond acceptors (Lipinski definition) is 3. The fraction of sp³-hybridized carbons (Fsp3) is 0.364. The number of benzene rings is 1. The summed E-state index contributed by atoms with van der Waals surface area (Å²) in [6, 6.07) is 7.38. The zero-order chi connectivity index (χ0) is 10.8. The molecule has 1 aliphatic rings. The van der Waals surface area contributed by atoms with Crippen molar-refractivity contribution in [1.29, 1.82) is 0 Å². The minimum atomic E-state index is -0.718. The van der Waals surface area contributed by atoms with E-state index in [9.17, 15) is 4.79 Å². The maximum absolute atomic E-state index is 11.0. The Hall–Kier alpha value is -1.16. The lowest BCUT2D eigenvalue weighted by molar-refractivity contribution is -0.136. The zero-order valence-electron chi connectivity index (χ0n) is 8.22. The molecule has 0 spiro atoms. The molecule has 0 saturated heterocycles. The van der Waals surface area contributed by atoms with E-state index in [-0.39, 0.29) is 5.25 Å². The van der Waals surface area contributed by atoms with Crippen molar-refractivity contribution in [2.45, 2.75) is 23.0 Å². The smallest absolute Gasteiger partial charge is 0.317 e. The first-order valence-electron chi connectivity index (χ1n) is 4.92. The van der Waals surface area contributed by atoms with Crippen molar-refractivity contribution in [3.8, 4) is 0 Å². The summed E-state index contributed by atoms with van der Waals surface area (Å²) >= 11 is 1.40. The third kappa shape index (κ3) is 2.65. The zero-order valence-corrected chi connectivity index (χ0v) is 9.04. The van der Waals surface area contributed by atoms with Crippen molar-refractivity contribution >= 4 is 23.4 Å². The third-order valence-corrected chi connectivity index (χ3v) is 3.78. The Balaban J connectivity index is 2.08. The molecule has 1 fully saturated rings. The maximum atomic E-state index is 11.0. The van der Waals surface area contributed by atoms with E-state index in [0.717, 1.165) is 17.7 Å². The number of thioether (sulfide) groups is 1. The molecule has 2 rings (SSSR count). The SMILES string of the molecule is Nc1cccc(SC(C(=O)O)C2CC2)c1. The van der Waals surface area contributed by atoms with Gasteiger partial charge in [-0.25, -0.2) is 0 Å². The van der Waals surface area contributed by atoms with Crippen molar-refractivity contribution in [2.24, 2.45) is 5.92 Å². The van der Waals surface area contributed by atoms with Crippen molar-refractivity contribution in [3.05, 3.63) is 24.3 Å². The number of nitrogens with two attached hydrogens (primary N) is 1. The molecular weight excluding hydrogens is 210 g/mol. The molecule has 0 heterocycles. The van der Waals surface area contributed by atoms with Crippen molar-refractivity contribution in [1.82, 2.24) is 0 Å². The molecule has 0 aromatic heterocycles. The van der Waals surface area contributed by atoms with Crippen LogP contribution in [0.25, 0.3) is 0 Å². The topological polar surface area (TPSA) is 63.3 Å². The van der Waals surface area contributed by atoms with Gasteiger partial charge in [-0.15, -0.1) is 11.8 Å². The number of aliphatic carboxylic acids is 1. The first kappa shape index (κ1) is 10.4. The Bertz CT molecular complexity index is 377. The lowest BCUT2D eigenvalue weighted by Crippen LogP contribution is -2.18. The Kier molecular flexibility index (Phi) is 2.86. The summed E-state index contributed by atoms with van der Waals surface area (Å²) in [7, 11) is 0. The number of anilines is 1. The second-order valence-corrected chi connectivity index (χ2v) is 5.00. The predicted molar refractivity (Wildman–Crippen MR) is 60.9 cm³/mol. The van der Waals surface area contributed by atoms with E-state index in [2.05, 4.69) is 0 Å². The monoisotopic (exact) mass is 223 g/mol. The largest absolute Gasteiger partial charge is 0.480 e. The molecule has 4 heteroatoms. The predicted octanol–water partition coefficient (Wildman–Crippen LogP) is 2.22. The summed E-state index contributed by atoms with van der Waals surface area (Å²) in [5, 5.41) is 8.75. The normalized spacial score (nSPS) is 17.3. The van der Waals surface area contributed by atoms with E-state index in [4.69, 9.17) is 10.8 Å². The van der Waals surface area contributed by atoms with E-state index in [0.29, 0.717) is 11.6 Å². The summed E-state index contributed by atoms with van der Waals surface area (Å²) < 4.78 is 0. The number of hydrogen-bond donors (Lipinski definition) is 2. The summed E-state index contributed by atoms with van der Waals surface area (Å²) in [6.45, 7) is 0. The van der Waals surface area contributed by atoms with Gasteiger partial charge in [-0.3, -0.25) is 4.79 Å². The van der Waals surface area contributed by atoms with Gasteiger partial charge in [-0.1, -0.05) is 6.07 Å². The van der Waals surface area contributed by atoms with Crippen LogP contribution >= 0.6 is 11.8 Å². The highest BCUT2D eigenvalue weighted by molar-refractivity contribution is 8.00. The molecule has 0 bridgehead atoms. The second kappa shape index (κ2) is 4.14. The van der Waals surface area contributed by atoms with Crippen LogP contribution in [-0.4, -0.2) is 16.3 Å². The molecule has 80 valence electrons. The van der Waals surface area contributed by atoms with Gasteiger partial charge >= 0.3 is 5.97 Å². The summed E-state index contributed by atoms with van der Waals surface area (Å²) in [5.74, 6) is -0.376. The van der Waals surface area contributed by atoms with E-state index in [1.807, 2.05) is 18.2 Å². The lowest BCUT2D eigenvalue weighted by Gasteiger charge is -2.10. The molecule has 1 aromatic rings. The second-order valence-electron chi connectivity index (χ2n) is 3.79. The highest BCUT2D eigenvalue weighted by atomic mass is 32.2. The van der Waals surface area contributed by atoms with E-state index in [1.54, 1.807) is 6.07 Å². The van der Waals surface area contributed by atoms with Crippen molar-refractivity contribution in [3.63, 3.8) is 0 Å². The van der Waals surface area contributed by atoms with E-state index < -0.39 is 5.97 Å². The third-order valence-electron chi connectivity index (χ3n) is 2.41. The van der Waals surface area contributed by atoms with Gasteiger partial charge in [0.05, 0.1) is 0 Å². The quantitative estimate of drug-likeness (QED) is 0.607. The first-order chi connectivity index (χ1) is 7.16. The molecule has 1 saturated carbocycles. The standard InChI is InChI=1S/C11H13NO2S/c12-8-2-1-3-9(6-8)15-10(11(13)14)7-4-5-7/h1-3,6-7,10H,4-5,12H2,(H,13,14). The molecule has 0 aliphatic heterocycles. The van der Waals surface area contributed by atoms with Crippen LogP contribution in [0.2, 0.25) is 0 Å². The lowest BCUT2D eigenvalue weighted by atomic mass is 10.3. The average Bonchev–Trinajstić information content (AvgIpc) is 2.97. The Morgan fingerprint density at radius 1 is 1.53 bits per heavy atom. The van der Waals surface area contributed by atoms with Crippen LogP contribution < -0.4 is 5.73 Å². The molecule has 3 N–H and O–H groups in total. The minimum Gasteiger partial charge on any atom is -0.480 e. The fourth-order valence-corrected chi connectivity index (χ4v) is 2.70. The molecule has 1 aromatic carbocycles. The number of carbonyl (C=O) groups is 1. The molecule has 1 unspecified atom stereocenters. The molecule has 0 amide bonds. The van der Waals surface area contributed by atoms with Crippen LogP contribution in [0, 0.1) is 5.92 Å². The minimum absolute atomic E-state index is 0.313. The van der Waals surface area contributed by atoms with Gasteiger partial charge in [0.25, 0.3) is 0 Å². The number of nitrogen functional groups attached to an aromatic ring is 1. The van der Waals surface area contributed by atoms with E-state index in [1.165, 1.54) is 11.8 Å². The molecule has 1 aliphatic carbocycles. The fourth-order valence-electron chi connectivity index (χ4n) is 1.48. The van der Waals surface area contributed by atoms with Gasteiger partial charge in [0.2, 0.25) is 0 Å². The Labute approximate surface area is 92.7 Å². The number of carboxylic acid groups (broad SMARTS) is 1. The molecular formula is C11H13NO2S. The van der Waals surface area contributed by atoms with Crippen molar-refractivity contribution in [2.75, 3.05) is 5.73 Å². The van der Waals surface area contributed by atoms with Gasteiger partial charge in [-0.05, 0) is 37.0 Å². The number of rotatable bonds is 4. The molecule has 0 radical (unpaired) electrons. The summed E-state index contributed by atoms with van der Waals surface area (Å²) in [5.41, 5.74) is 6.32.